The zero-order valence-electron chi connectivity index (χ0n) is 16.4. The molecular formula is C22H25N3O4. The Kier molecular flexibility index (Phi) is 6.84. The first-order valence-electron chi connectivity index (χ1n) is 9.67. The van der Waals surface area contributed by atoms with E-state index in [0.29, 0.717) is 13.0 Å². The molecule has 1 heterocycles. The second kappa shape index (κ2) is 9.73. The fourth-order valence-electron chi connectivity index (χ4n) is 3.24. The quantitative estimate of drug-likeness (QED) is 0.601. The Balaban J connectivity index is 1.50. The number of ether oxygens (including phenoxy) is 1. The molecule has 2 aromatic carbocycles. The lowest BCUT2D eigenvalue weighted by Crippen LogP contribution is -2.47. The molecule has 2 N–H and O–H groups in total. The zero-order chi connectivity index (χ0) is 20.6. The highest BCUT2D eigenvalue weighted by Gasteiger charge is 2.19. The van der Waals surface area contributed by atoms with Crippen LogP contribution in [0.25, 0.3) is 16.8 Å². The molecule has 0 bridgehead atoms. The maximum absolute atomic E-state index is 12.0. The highest BCUT2D eigenvalue weighted by molar-refractivity contribution is 5.94. The van der Waals surface area contributed by atoms with Crippen molar-refractivity contribution < 1.29 is 19.1 Å². The first kappa shape index (κ1) is 20.4. The molecule has 7 nitrogen and oxygen atoms in total. The van der Waals surface area contributed by atoms with Gasteiger partial charge in [-0.05, 0) is 53.5 Å². The van der Waals surface area contributed by atoms with Crippen molar-refractivity contribution in [3.05, 3.63) is 48.0 Å². The number of fused-ring (bicyclic) bond motifs is 1. The average Bonchev–Trinajstić information content (AvgIpc) is 2.94. The summed E-state index contributed by atoms with van der Waals surface area (Å²) < 4.78 is 5.21. The van der Waals surface area contributed by atoms with Gasteiger partial charge in [-0.1, -0.05) is 24.6 Å². The van der Waals surface area contributed by atoms with Gasteiger partial charge in [0.1, 0.15) is 12.3 Å². The SMILES string of the molecule is COc1ccc2cc(/C=C/C(=O)NNC(=O)CN3CCCCCC3=O)ccc2c1. The predicted octanol–water partition coefficient (Wildman–Crippen LogP) is 2.41. The molecule has 1 aliphatic rings. The van der Waals surface area contributed by atoms with Crippen LogP contribution in [-0.4, -0.2) is 42.8 Å². The fourth-order valence-corrected chi connectivity index (χ4v) is 3.24. The summed E-state index contributed by atoms with van der Waals surface area (Å²) in [7, 11) is 1.63. The zero-order valence-corrected chi connectivity index (χ0v) is 16.4. The molecule has 1 aliphatic heterocycles. The minimum absolute atomic E-state index is 0.0159. The van der Waals surface area contributed by atoms with Gasteiger partial charge in [-0.2, -0.15) is 0 Å². The van der Waals surface area contributed by atoms with Gasteiger partial charge in [0.25, 0.3) is 11.8 Å². The Bertz CT molecular complexity index is 939. The molecule has 152 valence electrons. The van der Waals surface area contributed by atoms with Crippen molar-refractivity contribution in [1.82, 2.24) is 15.8 Å². The molecule has 29 heavy (non-hydrogen) atoms. The Morgan fingerprint density at radius 1 is 1.07 bits per heavy atom. The molecule has 3 amide bonds. The number of nitrogens with one attached hydrogen (secondary N) is 2. The first-order chi connectivity index (χ1) is 14.0. The normalized spacial score (nSPS) is 14.7. The van der Waals surface area contributed by atoms with Gasteiger partial charge in [-0.15, -0.1) is 0 Å². The number of likely N-dealkylation sites (tertiary alicyclic amines) is 1. The lowest BCUT2D eigenvalue weighted by atomic mass is 10.1. The summed E-state index contributed by atoms with van der Waals surface area (Å²) in [5, 5.41) is 2.07. The third-order valence-electron chi connectivity index (χ3n) is 4.83. The Hall–Kier alpha value is -3.35. The molecule has 0 radical (unpaired) electrons. The number of hydrazine groups is 1. The van der Waals surface area contributed by atoms with E-state index in [9.17, 15) is 14.4 Å². The first-order valence-corrected chi connectivity index (χ1v) is 9.67. The van der Waals surface area contributed by atoms with E-state index in [0.717, 1.165) is 41.3 Å². The lowest BCUT2D eigenvalue weighted by molar-refractivity contribution is -0.136. The summed E-state index contributed by atoms with van der Waals surface area (Å²) in [6.07, 6.45) is 6.24. The molecule has 0 spiro atoms. The van der Waals surface area contributed by atoms with E-state index in [4.69, 9.17) is 4.74 Å². The van der Waals surface area contributed by atoms with E-state index in [1.807, 2.05) is 36.4 Å². The molecule has 3 rings (SSSR count). The van der Waals surface area contributed by atoms with Gasteiger partial charge in [0.15, 0.2) is 0 Å². The van der Waals surface area contributed by atoms with Crippen LogP contribution in [0.2, 0.25) is 0 Å². The summed E-state index contributed by atoms with van der Waals surface area (Å²) in [4.78, 5) is 37.4. The van der Waals surface area contributed by atoms with Crippen molar-refractivity contribution in [1.29, 1.82) is 0 Å². The minimum Gasteiger partial charge on any atom is -0.497 e. The molecule has 2 aromatic rings. The number of carbonyl (C=O) groups is 3. The van der Waals surface area contributed by atoms with E-state index in [2.05, 4.69) is 10.9 Å². The van der Waals surface area contributed by atoms with E-state index < -0.39 is 11.8 Å². The molecule has 0 aliphatic carbocycles. The van der Waals surface area contributed by atoms with Gasteiger partial charge in [0.2, 0.25) is 5.91 Å². The van der Waals surface area contributed by atoms with Crippen molar-refractivity contribution in [2.45, 2.75) is 25.7 Å². The second-order valence-electron chi connectivity index (χ2n) is 6.97. The number of benzene rings is 2. The predicted molar refractivity (Wildman–Crippen MR) is 111 cm³/mol. The maximum atomic E-state index is 12.0. The Labute approximate surface area is 169 Å². The van der Waals surface area contributed by atoms with Gasteiger partial charge < -0.3 is 9.64 Å². The van der Waals surface area contributed by atoms with Crippen LogP contribution in [0.15, 0.2) is 42.5 Å². The summed E-state index contributed by atoms with van der Waals surface area (Å²) in [5.41, 5.74) is 5.56. The standard InChI is InChI=1S/C22H25N3O4/c1-29-19-10-9-17-13-16(6-8-18(17)14-19)7-11-20(26)23-24-21(27)15-25-12-4-2-3-5-22(25)28/h6-11,13-14H,2-5,12,15H2,1H3,(H,23,26)(H,24,27)/b11-7+. The third-order valence-corrected chi connectivity index (χ3v) is 4.83. The molecule has 7 heteroatoms. The van der Waals surface area contributed by atoms with Crippen LogP contribution in [0.1, 0.15) is 31.2 Å². The highest BCUT2D eigenvalue weighted by atomic mass is 16.5. The largest absolute Gasteiger partial charge is 0.497 e. The molecule has 0 aromatic heterocycles. The highest BCUT2D eigenvalue weighted by Crippen LogP contribution is 2.22. The van der Waals surface area contributed by atoms with Crippen LogP contribution in [0.3, 0.4) is 0 Å². The van der Waals surface area contributed by atoms with Gasteiger partial charge in [0.05, 0.1) is 7.11 Å². The van der Waals surface area contributed by atoms with Gasteiger partial charge in [-0.25, -0.2) is 0 Å². The van der Waals surface area contributed by atoms with Crippen molar-refractivity contribution in [3.8, 4) is 5.75 Å². The van der Waals surface area contributed by atoms with E-state index in [1.54, 1.807) is 13.2 Å². The van der Waals surface area contributed by atoms with E-state index in [-0.39, 0.29) is 12.5 Å². The number of nitrogens with zero attached hydrogens (tertiary/aromatic N) is 1. The van der Waals surface area contributed by atoms with Crippen LogP contribution in [0.4, 0.5) is 0 Å². The number of methoxy groups -OCH3 is 1. The number of carbonyl (C=O) groups excluding carboxylic acids is 3. The molecule has 0 saturated carbocycles. The fraction of sp³-hybridized carbons (Fsp3) is 0.318. The monoisotopic (exact) mass is 395 g/mol. The summed E-state index contributed by atoms with van der Waals surface area (Å²) in [6.45, 7) is 0.533. The topological polar surface area (TPSA) is 87.7 Å². The Morgan fingerprint density at radius 3 is 2.69 bits per heavy atom. The van der Waals surface area contributed by atoms with Crippen molar-refractivity contribution in [2.24, 2.45) is 0 Å². The summed E-state index contributed by atoms with van der Waals surface area (Å²) in [5.74, 6) is -0.0902. The summed E-state index contributed by atoms with van der Waals surface area (Å²) in [6, 6.07) is 11.6. The number of amides is 3. The molecule has 1 saturated heterocycles. The molecule has 0 unspecified atom stereocenters. The Morgan fingerprint density at radius 2 is 1.86 bits per heavy atom. The van der Waals surface area contributed by atoms with Gasteiger partial charge in [-0.3, -0.25) is 25.2 Å². The third kappa shape index (κ3) is 5.81. The van der Waals surface area contributed by atoms with Gasteiger partial charge in [0, 0.05) is 19.0 Å². The minimum atomic E-state index is -0.449. The number of hydrogen-bond donors (Lipinski definition) is 2. The lowest BCUT2D eigenvalue weighted by Gasteiger charge is -2.19. The second-order valence-corrected chi connectivity index (χ2v) is 6.97. The molecule has 1 fully saturated rings. The van der Waals surface area contributed by atoms with Crippen molar-refractivity contribution >= 4 is 34.6 Å². The van der Waals surface area contributed by atoms with Gasteiger partial charge >= 0.3 is 0 Å². The summed E-state index contributed by atoms with van der Waals surface area (Å²) >= 11 is 0. The maximum Gasteiger partial charge on any atom is 0.262 e. The van der Waals surface area contributed by atoms with Crippen LogP contribution in [0, 0.1) is 0 Å². The van der Waals surface area contributed by atoms with Crippen LogP contribution in [0.5, 0.6) is 5.75 Å². The van der Waals surface area contributed by atoms with E-state index in [1.165, 1.54) is 11.0 Å². The molecule has 0 atom stereocenters. The van der Waals surface area contributed by atoms with Crippen LogP contribution < -0.4 is 15.6 Å². The van der Waals surface area contributed by atoms with Crippen molar-refractivity contribution in [2.75, 3.05) is 20.2 Å². The van der Waals surface area contributed by atoms with Crippen LogP contribution in [-0.2, 0) is 14.4 Å². The molecular weight excluding hydrogens is 370 g/mol. The number of rotatable bonds is 5. The van der Waals surface area contributed by atoms with E-state index >= 15 is 0 Å². The van der Waals surface area contributed by atoms with Crippen LogP contribution >= 0.6 is 0 Å². The number of hydrogen-bond acceptors (Lipinski definition) is 4. The smallest absolute Gasteiger partial charge is 0.262 e. The average molecular weight is 395 g/mol. The van der Waals surface area contributed by atoms with Crippen molar-refractivity contribution in [3.63, 3.8) is 0 Å².